The van der Waals surface area contributed by atoms with Crippen molar-refractivity contribution in [3.63, 3.8) is 0 Å². The SMILES string of the molecule is Cc1cc([C@H](C)Nc2ccccc2C(=O)O)c2cc(-c3ccc(C4CC4)nn3)c(C(F)F)nc2c1. The Balaban J connectivity index is 1.61. The van der Waals surface area contributed by atoms with Crippen molar-refractivity contribution < 1.29 is 18.7 Å². The fourth-order valence-electron chi connectivity index (χ4n) is 4.38. The molecule has 1 aliphatic carbocycles. The van der Waals surface area contributed by atoms with Gasteiger partial charge in [-0.25, -0.2) is 18.6 Å². The number of aromatic carboxylic acids is 1. The number of rotatable bonds is 7. The normalized spacial score (nSPS) is 14.3. The van der Waals surface area contributed by atoms with E-state index in [1.807, 2.05) is 26.0 Å². The molecule has 0 bridgehead atoms. The number of para-hydroxylation sites is 1. The van der Waals surface area contributed by atoms with Gasteiger partial charge in [0.2, 0.25) is 0 Å². The summed E-state index contributed by atoms with van der Waals surface area (Å²) in [6.45, 7) is 3.78. The average molecular weight is 475 g/mol. The summed E-state index contributed by atoms with van der Waals surface area (Å²) in [4.78, 5) is 16.0. The number of alkyl halides is 2. The standard InChI is InChI=1S/C27H24F2N4O2/c1-14-11-18(15(2)30-22-6-4-3-5-17(22)27(34)35)19-13-20(25(26(28)29)31-24(19)12-14)23-10-9-21(32-33-23)16-7-8-16/h3-6,9-13,15-16,26,30H,7-8H2,1-2H3,(H,34,35)/t15-/m0/s1. The van der Waals surface area contributed by atoms with Crippen molar-refractivity contribution in [2.24, 2.45) is 0 Å². The molecule has 178 valence electrons. The summed E-state index contributed by atoms with van der Waals surface area (Å²) in [6.07, 6.45) is -0.625. The minimum Gasteiger partial charge on any atom is -0.478 e. The third-order valence-corrected chi connectivity index (χ3v) is 6.30. The average Bonchev–Trinajstić information content (AvgIpc) is 3.68. The van der Waals surface area contributed by atoms with E-state index in [4.69, 9.17) is 0 Å². The van der Waals surface area contributed by atoms with Crippen molar-refractivity contribution in [3.05, 3.63) is 82.7 Å². The number of carbonyl (C=O) groups is 1. The number of anilines is 1. The van der Waals surface area contributed by atoms with E-state index in [9.17, 15) is 18.7 Å². The van der Waals surface area contributed by atoms with E-state index in [0.29, 0.717) is 28.2 Å². The van der Waals surface area contributed by atoms with Crippen molar-refractivity contribution in [2.75, 3.05) is 5.32 Å². The molecule has 2 heterocycles. The van der Waals surface area contributed by atoms with Gasteiger partial charge in [-0.1, -0.05) is 18.2 Å². The van der Waals surface area contributed by atoms with E-state index in [1.165, 1.54) is 6.07 Å². The molecule has 0 saturated heterocycles. The van der Waals surface area contributed by atoms with E-state index in [0.717, 1.165) is 29.7 Å². The molecule has 6 nitrogen and oxygen atoms in total. The summed E-state index contributed by atoms with van der Waals surface area (Å²) in [5.41, 5.74) is 3.89. The highest BCUT2D eigenvalue weighted by Crippen LogP contribution is 2.40. The third kappa shape index (κ3) is 4.56. The van der Waals surface area contributed by atoms with Crippen molar-refractivity contribution in [2.45, 2.75) is 45.1 Å². The molecular formula is C27H24F2N4O2. The molecule has 1 atom stereocenters. The molecule has 0 spiro atoms. The predicted molar refractivity (Wildman–Crippen MR) is 130 cm³/mol. The number of carboxylic acids is 1. The lowest BCUT2D eigenvalue weighted by molar-refractivity contribution is 0.0698. The Morgan fingerprint density at radius 3 is 2.51 bits per heavy atom. The van der Waals surface area contributed by atoms with Crippen LogP contribution in [-0.2, 0) is 0 Å². The van der Waals surface area contributed by atoms with Crippen LogP contribution >= 0.6 is 0 Å². The second-order valence-corrected chi connectivity index (χ2v) is 8.98. The van der Waals surface area contributed by atoms with E-state index in [-0.39, 0.29) is 22.9 Å². The number of nitrogens with zero attached hydrogens (tertiary/aromatic N) is 3. The van der Waals surface area contributed by atoms with E-state index >= 15 is 0 Å². The molecule has 0 aliphatic heterocycles. The van der Waals surface area contributed by atoms with Gasteiger partial charge in [-0.3, -0.25) is 0 Å². The van der Waals surface area contributed by atoms with E-state index in [1.54, 1.807) is 36.4 Å². The van der Waals surface area contributed by atoms with Gasteiger partial charge in [0.25, 0.3) is 6.43 Å². The number of halogens is 2. The van der Waals surface area contributed by atoms with E-state index < -0.39 is 12.4 Å². The van der Waals surface area contributed by atoms with Gasteiger partial charge in [0, 0.05) is 28.6 Å². The van der Waals surface area contributed by atoms with Crippen molar-refractivity contribution in [1.82, 2.24) is 15.2 Å². The van der Waals surface area contributed by atoms with Crippen LogP contribution in [0.1, 0.15) is 71.0 Å². The summed E-state index contributed by atoms with van der Waals surface area (Å²) in [5, 5.41) is 22.0. The molecule has 8 heteroatoms. The molecule has 0 amide bonds. The summed E-state index contributed by atoms with van der Waals surface area (Å²) < 4.78 is 28.1. The lowest BCUT2D eigenvalue weighted by atomic mass is 9.96. The largest absolute Gasteiger partial charge is 0.478 e. The lowest BCUT2D eigenvalue weighted by Crippen LogP contribution is -2.12. The fraction of sp³-hybridized carbons (Fsp3) is 0.259. The highest BCUT2D eigenvalue weighted by Gasteiger charge is 2.26. The second kappa shape index (κ2) is 9.02. The molecule has 2 aromatic heterocycles. The monoisotopic (exact) mass is 474 g/mol. The van der Waals surface area contributed by atoms with Crippen molar-refractivity contribution in [3.8, 4) is 11.3 Å². The van der Waals surface area contributed by atoms with Crippen LogP contribution in [0.5, 0.6) is 0 Å². The van der Waals surface area contributed by atoms with Crippen molar-refractivity contribution in [1.29, 1.82) is 0 Å². The number of aromatic nitrogens is 3. The molecule has 5 rings (SSSR count). The van der Waals surface area contributed by atoms with E-state index in [2.05, 4.69) is 20.5 Å². The van der Waals surface area contributed by atoms with Gasteiger partial charge in [-0.2, -0.15) is 10.2 Å². The fourth-order valence-corrected chi connectivity index (χ4v) is 4.38. The summed E-state index contributed by atoms with van der Waals surface area (Å²) in [7, 11) is 0. The number of fused-ring (bicyclic) bond motifs is 1. The first kappa shape index (κ1) is 22.8. The minimum atomic E-state index is -2.78. The number of aryl methyl sites for hydroxylation is 1. The summed E-state index contributed by atoms with van der Waals surface area (Å²) >= 11 is 0. The molecule has 35 heavy (non-hydrogen) atoms. The maximum atomic E-state index is 14.0. The van der Waals surface area contributed by atoms with Crippen LogP contribution < -0.4 is 5.32 Å². The zero-order valence-electron chi connectivity index (χ0n) is 19.3. The zero-order valence-corrected chi connectivity index (χ0v) is 19.3. The number of nitrogens with one attached hydrogen (secondary N) is 1. The van der Waals surface area contributed by atoms with Gasteiger partial charge in [-0.15, -0.1) is 0 Å². The van der Waals surface area contributed by atoms with Crippen LogP contribution in [-0.4, -0.2) is 26.3 Å². The molecule has 1 fully saturated rings. The summed E-state index contributed by atoms with van der Waals surface area (Å²) in [5.74, 6) is -0.621. The Morgan fingerprint density at radius 2 is 1.86 bits per heavy atom. The number of carboxylic acid groups (broad SMARTS) is 1. The van der Waals surface area contributed by atoms with Crippen LogP contribution in [0.15, 0.2) is 54.6 Å². The maximum Gasteiger partial charge on any atom is 0.337 e. The Hall–Kier alpha value is -3.94. The van der Waals surface area contributed by atoms with Gasteiger partial charge in [-0.05, 0) is 74.2 Å². The Morgan fingerprint density at radius 1 is 1.09 bits per heavy atom. The quantitative estimate of drug-likeness (QED) is 0.310. The van der Waals surface area contributed by atoms with Gasteiger partial charge in [0.15, 0.2) is 0 Å². The smallest absolute Gasteiger partial charge is 0.337 e. The van der Waals surface area contributed by atoms with Crippen LogP contribution in [0.2, 0.25) is 0 Å². The van der Waals surface area contributed by atoms with Gasteiger partial charge >= 0.3 is 5.97 Å². The number of benzene rings is 2. The Kier molecular flexibility index (Phi) is 5.88. The highest BCUT2D eigenvalue weighted by molar-refractivity contribution is 5.94. The highest BCUT2D eigenvalue weighted by atomic mass is 19.3. The van der Waals surface area contributed by atoms with Gasteiger partial charge in [0.05, 0.1) is 22.5 Å². The number of hydrogen-bond donors (Lipinski definition) is 2. The first-order valence-corrected chi connectivity index (χ1v) is 11.5. The molecule has 4 aromatic rings. The van der Waals surface area contributed by atoms with Crippen LogP contribution in [0.4, 0.5) is 14.5 Å². The molecule has 0 unspecified atom stereocenters. The van der Waals surface area contributed by atoms with Crippen LogP contribution in [0.25, 0.3) is 22.2 Å². The first-order valence-electron chi connectivity index (χ1n) is 11.5. The van der Waals surface area contributed by atoms with Gasteiger partial charge in [0.1, 0.15) is 5.69 Å². The molecule has 0 radical (unpaired) electrons. The minimum absolute atomic E-state index is 0.154. The predicted octanol–water partition coefficient (Wildman–Crippen LogP) is 6.69. The molecule has 1 aliphatic rings. The van der Waals surface area contributed by atoms with Gasteiger partial charge < -0.3 is 10.4 Å². The number of pyridine rings is 1. The summed E-state index contributed by atoms with van der Waals surface area (Å²) in [6, 6.07) is 15.3. The third-order valence-electron chi connectivity index (χ3n) is 6.30. The molecule has 2 N–H and O–H groups in total. The molecule has 2 aromatic carbocycles. The lowest BCUT2D eigenvalue weighted by Gasteiger charge is -2.21. The molecule has 1 saturated carbocycles. The Bertz CT molecular complexity index is 1420. The first-order chi connectivity index (χ1) is 16.8. The number of hydrogen-bond acceptors (Lipinski definition) is 5. The van der Waals surface area contributed by atoms with Crippen molar-refractivity contribution >= 4 is 22.6 Å². The second-order valence-electron chi connectivity index (χ2n) is 8.98. The molecular weight excluding hydrogens is 450 g/mol. The Labute approximate surface area is 201 Å². The maximum absolute atomic E-state index is 14.0. The topological polar surface area (TPSA) is 88.0 Å². The van der Waals surface area contributed by atoms with Crippen LogP contribution in [0.3, 0.4) is 0 Å². The zero-order chi connectivity index (χ0) is 24.7. The van der Waals surface area contributed by atoms with Crippen LogP contribution in [0, 0.1) is 6.92 Å².